The Labute approximate surface area is 180 Å². The molecule has 30 heavy (non-hydrogen) atoms. The van der Waals surface area contributed by atoms with Gasteiger partial charge in [-0.2, -0.15) is 0 Å². The zero-order chi connectivity index (χ0) is 20.7. The molecule has 6 nitrogen and oxygen atoms in total. The zero-order valence-electron chi connectivity index (χ0n) is 16.9. The molecular weight excluding hydrogens is 396 g/mol. The number of carbonyl (C=O) groups excluding carboxylic acids is 2. The van der Waals surface area contributed by atoms with Crippen molar-refractivity contribution in [1.82, 2.24) is 9.80 Å². The SMILES string of the molecule is NC1(C(=O)N2CCN(C(=O)c3ccc(-c4ccc5c(c4)SCN5)cc3)CC2)CCC1. The van der Waals surface area contributed by atoms with Crippen LogP contribution >= 0.6 is 11.8 Å². The maximum Gasteiger partial charge on any atom is 0.253 e. The smallest absolute Gasteiger partial charge is 0.253 e. The van der Waals surface area contributed by atoms with Gasteiger partial charge in [-0.25, -0.2) is 0 Å². The number of rotatable bonds is 3. The molecule has 0 radical (unpaired) electrons. The highest BCUT2D eigenvalue weighted by atomic mass is 32.2. The number of fused-ring (bicyclic) bond motifs is 1. The van der Waals surface area contributed by atoms with Gasteiger partial charge in [-0.15, -0.1) is 11.8 Å². The number of anilines is 1. The molecule has 156 valence electrons. The average molecular weight is 423 g/mol. The second-order valence-corrected chi connectivity index (χ2v) is 9.37. The van der Waals surface area contributed by atoms with E-state index in [1.807, 2.05) is 34.1 Å². The van der Waals surface area contributed by atoms with Crippen molar-refractivity contribution in [3.8, 4) is 11.1 Å². The first-order valence-electron chi connectivity index (χ1n) is 10.5. The quantitative estimate of drug-likeness (QED) is 0.795. The lowest BCUT2D eigenvalue weighted by Crippen LogP contribution is -2.62. The Morgan fingerprint density at radius 3 is 2.27 bits per heavy atom. The molecule has 1 aliphatic carbocycles. The molecule has 2 heterocycles. The van der Waals surface area contributed by atoms with Crippen LogP contribution in [0.4, 0.5) is 5.69 Å². The van der Waals surface area contributed by atoms with Crippen molar-refractivity contribution in [3.63, 3.8) is 0 Å². The number of hydrogen-bond acceptors (Lipinski definition) is 5. The van der Waals surface area contributed by atoms with Gasteiger partial charge in [0.1, 0.15) is 0 Å². The molecule has 2 fully saturated rings. The predicted octanol–water partition coefficient (Wildman–Crippen LogP) is 2.99. The normalized spacial score (nSPS) is 19.6. The van der Waals surface area contributed by atoms with E-state index < -0.39 is 5.54 Å². The van der Waals surface area contributed by atoms with Crippen LogP contribution in [0.15, 0.2) is 47.4 Å². The minimum absolute atomic E-state index is 0.0217. The van der Waals surface area contributed by atoms with Crippen LogP contribution in [0.1, 0.15) is 29.6 Å². The molecule has 2 aromatic carbocycles. The van der Waals surface area contributed by atoms with Gasteiger partial charge in [0.25, 0.3) is 5.91 Å². The van der Waals surface area contributed by atoms with E-state index in [0.717, 1.165) is 36.3 Å². The summed E-state index contributed by atoms with van der Waals surface area (Å²) in [6, 6.07) is 14.2. The van der Waals surface area contributed by atoms with Crippen molar-refractivity contribution >= 4 is 29.3 Å². The molecule has 0 atom stereocenters. The number of hydrogen-bond donors (Lipinski definition) is 2. The lowest BCUT2D eigenvalue weighted by molar-refractivity contribution is -0.141. The summed E-state index contributed by atoms with van der Waals surface area (Å²) in [7, 11) is 0. The van der Waals surface area contributed by atoms with Crippen LogP contribution in [-0.2, 0) is 4.79 Å². The van der Waals surface area contributed by atoms with Crippen molar-refractivity contribution in [2.75, 3.05) is 37.4 Å². The lowest BCUT2D eigenvalue weighted by Gasteiger charge is -2.43. The molecule has 1 saturated heterocycles. The first kappa shape index (κ1) is 19.5. The Morgan fingerprint density at radius 2 is 1.60 bits per heavy atom. The molecule has 3 aliphatic rings. The van der Waals surface area contributed by atoms with Crippen LogP contribution in [-0.4, -0.2) is 59.2 Å². The van der Waals surface area contributed by atoms with Crippen LogP contribution in [0.2, 0.25) is 0 Å². The Morgan fingerprint density at radius 1 is 0.933 bits per heavy atom. The zero-order valence-corrected chi connectivity index (χ0v) is 17.7. The van der Waals surface area contributed by atoms with Crippen molar-refractivity contribution < 1.29 is 9.59 Å². The minimum atomic E-state index is -0.659. The molecule has 2 amide bonds. The molecule has 2 aromatic rings. The summed E-state index contributed by atoms with van der Waals surface area (Å²) in [5, 5.41) is 3.35. The van der Waals surface area contributed by atoms with Gasteiger partial charge >= 0.3 is 0 Å². The summed E-state index contributed by atoms with van der Waals surface area (Å²) in [6.07, 6.45) is 2.57. The molecule has 2 aliphatic heterocycles. The van der Waals surface area contributed by atoms with E-state index in [0.29, 0.717) is 31.7 Å². The average Bonchev–Trinajstić information content (AvgIpc) is 3.24. The fraction of sp³-hybridized carbons (Fsp3) is 0.391. The summed E-state index contributed by atoms with van der Waals surface area (Å²) in [4.78, 5) is 30.4. The second kappa shape index (κ2) is 7.63. The van der Waals surface area contributed by atoms with Crippen LogP contribution in [0.3, 0.4) is 0 Å². The number of nitrogens with zero attached hydrogens (tertiary/aromatic N) is 2. The largest absolute Gasteiger partial charge is 0.375 e. The van der Waals surface area contributed by atoms with Gasteiger partial charge in [0.2, 0.25) is 5.91 Å². The number of nitrogens with two attached hydrogens (primary N) is 1. The molecule has 0 aromatic heterocycles. The Kier molecular flexibility index (Phi) is 4.95. The van der Waals surface area contributed by atoms with E-state index in [1.165, 1.54) is 10.6 Å². The number of amides is 2. The van der Waals surface area contributed by atoms with Gasteiger partial charge in [0, 0.05) is 42.3 Å². The van der Waals surface area contributed by atoms with Crippen LogP contribution in [0.5, 0.6) is 0 Å². The molecule has 0 unspecified atom stereocenters. The standard InChI is InChI=1S/C23H26N4O2S/c24-23(8-1-9-23)22(29)27-12-10-26(11-13-27)21(28)17-4-2-16(3-5-17)18-6-7-19-20(14-18)30-15-25-19/h2-7,14,25H,1,8-13,15,24H2. The molecule has 7 heteroatoms. The highest BCUT2D eigenvalue weighted by Crippen LogP contribution is 2.36. The van der Waals surface area contributed by atoms with Gasteiger partial charge in [-0.05, 0) is 54.7 Å². The van der Waals surface area contributed by atoms with Crippen LogP contribution in [0, 0.1) is 0 Å². The van der Waals surface area contributed by atoms with E-state index in [1.54, 1.807) is 11.8 Å². The third-order valence-corrected chi connectivity index (χ3v) is 7.40. The van der Waals surface area contributed by atoms with E-state index in [4.69, 9.17) is 5.73 Å². The second-order valence-electron chi connectivity index (χ2n) is 8.35. The predicted molar refractivity (Wildman–Crippen MR) is 119 cm³/mol. The Hall–Kier alpha value is -2.51. The van der Waals surface area contributed by atoms with Crippen LogP contribution in [0.25, 0.3) is 11.1 Å². The first-order chi connectivity index (χ1) is 14.5. The van der Waals surface area contributed by atoms with E-state index in [-0.39, 0.29) is 11.8 Å². The van der Waals surface area contributed by atoms with Gasteiger partial charge in [0.15, 0.2) is 0 Å². The monoisotopic (exact) mass is 422 g/mol. The number of piperazine rings is 1. The van der Waals surface area contributed by atoms with Crippen LogP contribution < -0.4 is 11.1 Å². The fourth-order valence-corrected chi connectivity index (χ4v) is 5.24. The summed E-state index contributed by atoms with van der Waals surface area (Å²) in [5.74, 6) is 0.985. The molecule has 3 N–H and O–H groups in total. The molecule has 0 bridgehead atoms. The maximum absolute atomic E-state index is 12.9. The molecule has 0 spiro atoms. The van der Waals surface area contributed by atoms with Gasteiger partial charge in [0.05, 0.1) is 11.4 Å². The fourth-order valence-electron chi connectivity index (χ4n) is 4.35. The van der Waals surface area contributed by atoms with Crippen molar-refractivity contribution in [3.05, 3.63) is 48.0 Å². The third-order valence-electron chi connectivity index (χ3n) is 6.46. The summed E-state index contributed by atoms with van der Waals surface area (Å²) < 4.78 is 0. The van der Waals surface area contributed by atoms with E-state index >= 15 is 0 Å². The number of carbonyl (C=O) groups is 2. The van der Waals surface area contributed by atoms with Crippen molar-refractivity contribution in [2.24, 2.45) is 5.73 Å². The molecular formula is C23H26N4O2S. The molecule has 5 rings (SSSR count). The summed E-state index contributed by atoms with van der Waals surface area (Å²) in [5.41, 5.74) is 9.65. The number of nitrogens with one attached hydrogen (secondary N) is 1. The Balaban J connectivity index is 1.22. The van der Waals surface area contributed by atoms with E-state index in [9.17, 15) is 9.59 Å². The van der Waals surface area contributed by atoms with Gasteiger partial charge < -0.3 is 20.9 Å². The van der Waals surface area contributed by atoms with Gasteiger partial charge in [-0.1, -0.05) is 18.2 Å². The summed E-state index contributed by atoms with van der Waals surface area (Å²) >= 11 is 1.80. The number of thioether (sulfide) groups is 1. The first-order valence-corrected chi connectivity index (χ1v) is 11.5. The lowest BCUT2D eigenvalue weighted by atomic mass is 9.76. The van der Waals surface area contributed by atoms with Crippen molar-refractivity contribution in [2.45, 2.75) is 29.7 Å². The summed E-state index contributed by atoms with van der Waals surface area (Å²) in [6.45, 7) is 2.22. The van der Waals surface area contributed by atoms with Gasteiger partial charge in [-0.3, -0.25) is 9.59 Å². The van der Waals surface area contributed by atoms with E-state index in [2.05, 4.69) is 23.5 Å². The Bertz CT molecular complexity index is 979. The van der Waals surface area contributed by atoms with Crippen molar-refractivity contribution in [1.29, 1.82) is 0 Å². The highest BCUT2D eigenvalue weighted by molar-refractivity contribution is 7.99. The number of benzene rings is 2. The minimum Gasteiger partial charge on any atom is -0.375 e. The third kappa shape index (κ3) is 3.46. The topological polar surface area (TPSA) is 78.7 Å². The highest BCUT2D eigenvalue weighted by Gasteiger charge is 2.43. The molecule has 1 saturated carbocycles. The maximum atomic E-state index is 12.9.